The molecule has 0 aliphatic rings. The van der Waals surface area contributed by atoms with Gasteiger partial charge < -0.3 is 10.2 Å². The smallest absolute Gasteiger partial charge is 0.125 e. The molecule has 0 aliphatic heterocycles. The molecule has 3 nitrogen and oxygen atoms in total. The molecule has 0 atom stereocenters. The number of aryl methyl sites for hydroxylation is 1. The van der Waals surface area contributed by atoms with Gasteiger partial charge in [0.05, 0.1) is 17.7 Å². The normalized spacial score (nSPS) is 10.7. The third kappa shape index (κ3) is 3.52. The highest BCUT2D eigenvalue weighted by molar-refractivity contribution is 7.09. The zero-order chi connectivity index (χ0) is 13.8. The Kier molecular flexibility index (Phi) is 4.50. The van der Waals surface area contributed by atoms with Gasteiger partial charge in [-0.1, -0.05) is 0 Å². The summed E-state index contributed by atoms with van der Waals surface area (Å²) >= 11 is 1.63. The molecule has 1 N–H and O–H groups in total. The van der Waals surface area contributed by atoms with Crippen molar-refractivity contribution in [3.8, 4) is 0 Å². The average molecular weight is 279 g/mol. The van der Waals surface area contributed by atoms with Crippen molar-refractivity contribution in [2.75, 3.05) is 19.0 Å². The molecule has 0 saturated carbocycles. The summed E-state index contributed by atoms with van der Waals surface area (Å²) in [7, 11) is 3.83. The lowest BCUT2D eigenvalue weighted by molar-refractivity contribution is 0.623. The Morgan fingerprint density at radius 1 is 1.37 bits per heavy atom. The Morgan fingerprint density at radius 3 is 2.79 bits per heavy atom. The van der Waals surface area contributed by atoms with Gasteiger partial charge >= 0.3 is 0 Å². The number of nitrogens with zero attached hydrogens (tertiary/aromatic N) is 2. The van der Waals surface area contributed by atoms with Crippen LogP contribution in [-0.4, -0.2) is 19.1 Å². The second kappa shape index (κ2) is 6.12. The van der Waals surface area contributed by atoms with Crippen LogP contribution in [-0.2, 0) is 13.1 Å². The topological polar surface area (TPSA) is 28.2 Å². The summed E-state index contributed by atoms with van der Waals surface area (Å²) < 4.78 is 13.6. The molecule has 2 aromatic rings. The molecule has 0 fully saturated rings. The van der Waals surface area contributed by atoms with Gasteiger partial charge in [0.15, 0.2) is 0 Å². The lowest BCUT2D eigenvalue weighted by Crippen LogP contribution is -2.17. The maximum atomic E-state index is 13.6. The number of aromatic nitrogens is 1. The number of thiazole rings is 1. The van der Waals surface area contributed by atoms with Gasteiger partial charge in [0.1, 0.15) is 5.82 Å². The molecule has 0 unspecified atom stereocenters. The van der Waals surface area contributed by atoms with Gasteiger partial charge in [-0.05, 0) is 37.7 Å². The molecule has 0 aliphatic carbocycles. The van der Waals surface area contributed by atoms with Crippen LogP contribution in [0.25, 0.3) is 0 Å². The Morgan fingerprint density at radius 2 is 2.16 bits per heavy atom. The molecule has 5 heteroatoms. The fraction of sp³-hybridized carbons (Fsp3) is 0.357. The number of benzene rings is 1. The minimum Gasteiger partial charge on any atom is -0.369 e. The predicted molar refractivity (Wildman–Crippen MR) is 78.1 cm³/mol. The summed E-state index contributed by atoms with van der Waals surface area (Å²) in [4.78, 5) is 7.49. The summed E-state index contributed by atoms with van der Waals surface area (Å²) in [5.74, 6) is -0.198. The van der Waals surface area contributed by atoms with E-state index in [1.54, 1.807) is 23.5 Å². The van der Waals surface area contributed by atoms with E-state index < -0.39 is 0 Å². The van der Waals surface area contributed by atoms with E-state index in [9.17, 15) is 4.39 Å². The number of hydrogen-bond acceptors (Lipinski definition) is 4. The summed E-state index contributed by atoms with van der Waals surface area (Å²) in [6.07, 6.45) is 0. The summed E-state index contributed by atoms with van der Waals surface area (Å²) in [6.45, 7) is 3.41. The molecule has 2 rings (SSSR count). The van der Waals surface area contributed by atoms with Crippen LogP contribution in [0, 0.1) is 12.7 Å². The molecule has 1 aromatic heterocycles. The fourth-order valence-electron chi connectivity index (χ4n) is 1.94. The van der Waals surface area contributed by atoms with Crippen molar-refractivity contribution in [2.24, 2.45) is 0 Å². The molecular formula is C14H18FN3S. The first-order chi connectivity index (χ1) is 9.10. The van der Waals surface area contributed by atoms with Crippen LogP contribution >= 0.6 is 11.3 Å². The van der Waals surface area contributed by atoms with Crippen molar-refractivity contribution in [3.63, 3.8) is 0 Å². The molecule has 0 saturated heterocycles. The van der Waals surface area contributed by atoms with Crippen molar-refractivity contribution in [3.05, 3.63) is 45.7 Å². The Bertz CT molecular complexity index is 553. The number of rotatable bonds is 5. The Balaban J connectivity index is 2.18. The van der Waals surface area contributed by atoms with Crippen LogP contribution < -0.4 is 10.2 Å². The van der Waals surface area contributed by atoms with E-state index >= 15 is 0 Å². The molecule has 0 bridgehead atoms. The second-order valence-electron chi connectivity index (χ2n) is 4.57. The van der Waals surface area contributed by atoms with E-state index in [2.05, 4.69) is 10.3 Å². The van der Waals surface area contributed by atoms with Gasteiger partial charge in [-0.15, -0.1) is 11.3 Å². The van der Waals surface area contributed by atoms with Crippen LogP contribution in [0.2, 0.25) is 0 Å². The third-order valence-corrected chi connectivity index (χ3v) is 3.91. The first kappa shape index (κ1) is 14.0. The fourth-order valence-corrected chi connectivity index (χ4v) is 2.77. The van der Waals surface area contributed by atoms with Crippen LogP contribution in [0.3, 0.4) is 0 Å². The number of hydrogen-bond donors (Lipinski definition) is 1. The van der Waals surface area contributed by atoms with Gasteiger partial charge in [0.2, 0.25) is 0 Å². The van der Waals surface area contributed by atoms with E-state index in [0.717, 1.165) is 23.5 Å². The highest BCUT2D eigenvalue weighted by Crippen LogP contribution is 2.22. The molecule has 0 amide bonds. The third-order valence-electron chi connectivity index (χ3n) is 2.99. The standard InChI is InChI=1S/C14H18FN3S/c1-10-14(19-9-17-10)8-18(3)13-5-11(7-16-2)4-12(15)6-13/h4-6,9,16H,7-8H2,1-3H3. The molecule has 0 radical (unpaired) electrons. The first-order valence-corrected chi connectivity index (χ1v) is 7.02. The zero-order valence-corrected chi connectivity index (χ0v) is 12.2. The number of halogens is 1. The average Bonchev–Trinajstić information content (AvgIpc) is 2.75. The highest BCUT2D eigenvalue weighted by Gasteiger charge is 2.09. The van der Waals surface area contributed by atoms with E-state index in [4.69, 9.17) is 0 Å². The summed E-state index contributed by atoms with van der Waals surface area (Å²) in [6, 6.07) is 5.14. The maximum Gasteiger partial charge on any atom is 0.125 e. The van der Waals surface area contributed by atoms with Gasteiger partial charge in [-0.25, -0.2) is 9.37 Å². The van der Waals surface area contributed by atoms with E-state index in [-0.39, 0.29) is 5.82 Å². The van der Waals surface area contributed by atoms with Crippen molar-refractivity contribution >= 4 is 17.0 Å². The molecule has 102 valence electrons. The SMILES string of the molecule is CNCc1cc(F)cc(N(C)Cc2scnc2C)c1. The minimum absolute atomic E-state index is 0.198. The van der Waals surface area contributed by atoms with Crippen molar-refractivity contribution in [2.45, 2.75) is 20.0 Å². The van der Waals surface area contributed by atoms with Crippen LogP contribution in [0.15, 0.2) is 23.7 Å². The van der Waals surface area contributed by atoms with Crippen molar-refractivity contribution in [1.82, 2.24) is 10.3 Å². The minimum atomic E-state index is -0.198. The quantitative estimate of drug-likeness (QED) is 0.912. The number of anilines is 1. The van der Waals surface area contributed by atoms with Crippen molar-refractivity contribution < 1.29 is 4.39 Å². The second-order valence-corrected chi connectivity index (χ2v) is 5.50. The van der Waals surface area contributed by atoms with E-state index in [1.807, 2.05) is 37.5 Å². The molecule has 19 heavy (non-hydrogen) atoms. The highest BCUT2D eigenvalue weighted by atomic mass is 32.1. The number of nitrogens with one attached hydrogen (secondary N) is 1. The van der Waals surface area contributed by atoms with Crippen LogP contribution in [0.1, 0.15) is 16.1 Å². The van der Waals surface area contributed by atoms with Crippen molar-refractivity contribution in [1.29, 1.82) is 0 Å². The van der Waals surface area contributed by atoms with Gasteiger partial charge in [-0.2, -0.15) is 0 Å². The molecular weight excluding hydrogens is 261 g/mol. The lowest BCUT2D eigenvalue weighted by atomic mass is 10.1. The molecule has 1 heterocycles. The van der Waals surface area contributed by atoms with Gasteiger partial charge in [-0.3, -0.25) is 0 Å². The lowest BCUT2D eigenvalue weighted by Gasteiger charge is -2.20. The van der Waals surface area contributed by atoms with E-state index in [0.29, 0.717) is 6.54 Å². The largest absolute Gasteiger partial charge is 0.369 e. The Labute approximate surface area is 117 Å². The maximum absolute atomic E-state index is 13.6. The predicted octanol–water partition coefficient (Wildman–Crippen LogP) is 2.95. The van der Waals surface area contributed by atoms with Crippen LogP contribution in [0.4, 0.5) is 10.1 Å². The van der Waals surface area contributed by atoms with Gasteiger partial charge in [0.25, 0.3) is 0 Å². The van der Waals surface area contributed by atoms with Gasteiger partial charge in [0, 0.05) is 24.2 Å². The Hall–Kier alpha value is -1.46. The summed E-state index contributed by atoms with van der Waals surface area (Å²) in [5, 5.41) is 3.04. The monoisotopic (exact) mass is 279 g/mol. The van der Waals surface area contributed by atoms with Crippen LogP contribution in [0.5, 0.6) is 0 Å². The first-order valence-electron chi connectivity index (χ1n) is 6.14. The molecule has 0 spiro atoms. The summed E-state index contributed by atoms with van der Waals surface area (Å²) in [5.41, 5.74) is 4.73. The molecule has 1 aromatic carbocycles. The zero-order valence-electron chi connectivity index (χ0n) is 11.4. The van der Waals surface area contributed by atoms with E-state index in [1.165, 1.54) is 4.88 Å².